The summed E-state index contributed by atoms with van der Waals surface area (Å²) in [6.07, 6.45) is 0. The molecular weight excluding hydrogens is 320 g/mol. The first-order valence-electron chi connectivity index (χ1n) is 7.73. The van der Waals surface area contributed by atoms with Gasteiger partial charge in [-0.3, -0.25) is 0 Å². The number of aryl methyl sites for hydroxylation is 2. The number of ether oxygens (including phenoxy) is 1. The molecule has 0 aliphatic carbocycles. The Morgan fingerprint density at radius 3 is 2.54 bits per heavy atom. The number of nitrogens with one attached hydrogen (secondary N) is 2. The van der Waals surface area contributed by atoms with Crippen molar-refractivity contribution in [1.29, 1.82) is 0 Å². The van der Waals surface area contributed by atoms with Crippen molar-refractivity contribution in [1.82, 2.24) is 5.32 Å². The first kappa shape index (κ1) is 17.9. The van der Waals surface area contributed by atoms with Crippen LogP contribution in [0.15, 0.2) is 42.5 Å². The molecule has 0 heterocycles. The molecule has 2 aromatic rings. The van der Waals surface area contributed by atoms with Gasteiger partial charge in [-0.25, -0.2) is 4.79 Å². The molecule has 0 aliphatic rings. The summed E-state index contributed by atoms with van der Waals surface area (Å²) in [5.74, 6) is -0.374. The molecule has 2 aromatic carbocycles. The maximum absolute atomic E-state index is 11.6. The molecule has 0 radical (unpaired) electrons. The summed E-state index contributed by atoms with van der Waals surface area (Å²) in [5.41, 5.74) is 4.91. The maximum atomic E-state index is 11.6. The second-order valence-corrected chi connectivity index (χ2v) is 6.14. The molecule has 0 saturated carbocycles. The van der Waals surface area contributed by atoms with Crippen molar-refractivity contribution >= 4 is 29.0 Å². The highest BCUT2D eigenvalue weighted by molar-refractivity contribution is 7.80. The van der Waals surface area contributed by atoms with E-state index < -0.39 is 0 Å². The van der Waals surface area contributed by atoms with Crippen molar-refractivity contribution in [3.05, 3.63) is 64.7 Å². The zero-order chi connectivity index (χ0) is 17.7. The molecule has 0 bridgehead atoms. The fourth-order valence-electron chi connectivity index (χ4n) is 2.32. The summed E-state index contributed by atoms with van der Waals surface area (Å²) < 4.78 is 4.72. The highest BCUT2D eigenvalue weighted by Crippen LogP contribution is 2.17. The minimum atomic E-state index is -0.374. The fraction of sp³-hybridized carbons (Fsp3) is 0.263. The average molecular weight is 342 g/mol. The molecule has 126 valence electrons. The molecule has 24 heavy (non-hydrogen) atoms. The smallest absolute Gasteiger partial charge is 0.337 e. The Bertz CT molecular complexity index is 759. The second kappa shape index (κ2) is 7.93. The summed E-state index contributed by atoms with van der Waals surface area (Å²) in [5, 5.41) is 6.86. The third-order valence-corrected chi connectivity index (χ3v) is 4.14. The van der Waals surface area contributed by atoms with Crippen molar-refractivity contribution in [2.45, 2.75) is 26.8 Å². The van der Waals surface area contributed by atoms with Crippen LogP contribution in [-0.4, -0.2) is 18.2 Å². The van der Waals surface area contributed by atoms with Gasteiger partial charge < -0.3 is 15.4 Å². The number of carbonyl (C=O) groups excluding carboxylic acids is 1. The van der Waals surface area contributed by atoms with E-state index in [4.69, 9.17) is 17.0 Å². The minimum Gasteiger partial charge on any atom is -0.465 e. The van der Waals surface area contributed by atoms with Gasteiger partial charge in [0.25, 0.3) is 0 Å². The number of carbonyl (C=O) groups is 1. The van der Waals surface area contributed by atoms with Gasteiger partial charge in [0.1, 0.15) is 0 Å². The number of benzene rings is 2. The van der Waals surface area contributed by atoms with E-state index in [1.165, 1.54) is 23.8 Å². The fourth-order valence-corrected chi connectivity index (χ4v) is 2.62. The number of thiocarbonyl (C=S) groups is 1. The van der Waals surface area contributed by atoms with Crippen LogP contribution in [0.4, 0.5) is 5.69 Å². The lowest BCUT2D eigenvalue weighted by atomic mass is 10.0. The van der Waals surface area contributed by atoms with Gasteiger partial charge in [-0.2, -0.15) is 0 Å². The van der Waals surface area contributed by atoms with Crippen LogP contribution in [0.2, 0.25) is 0 Å². The van der Waals surface area contributed by atoms with E-state index >= 15 is 0 Å². The monoisotopic (exact) mass is 342 g/mol. The van der Waals surface area contributed by atoms with E-state index in [9.17, 15) is 4.79 Å². The number of hydrogen-bond donors (Lipinski definition) is 2. The van der Waals surface area contributed by atoms with Crippen molar-refractivity contribution in [2.24, 2.45) is 0 Å². The van der Waals surface area contributed by atoms with E-state index in [1.807, 2.05) is 6.07 Å². The Morgan fingerprint density at radius 1 is 1.12 bits per heavy atom. The quantitative estimate of drug-likeness (QED) is 0.646. The lowest BCUT2D eigenvalue weighted by Crippen LogP contribution is -2.31. The first-order valence-corrected chi connectivity index (χ1v) is 8.14. The molecule has 1 atom stereocenters. The predicted molar refractivity (Wildman–Crippen MR) is 101 cm³/mol. The van der Waals surface area contributed by atoms with Crippen LogP contribution in [0.3, 0.4) is 0 Å². The van der Waals surface area contributed by atoms with Gasteiger partial charge in [-0.15, -0.1) is 0 Å². The predicted octanol–water partition coefficient (Wildman–Crippen LogP) is 4.14. The van der Waals surface area contributed by atoms with Crippen molar-refractivity contribution < 1.29 is 9.53 Å². The summed E-state index contributed by atoms with van der Waals surface area (Å²) in [6, 6.07) is 13.5. The number of anilines is 1. The summed E-state index contributed by atoms with van der Waals surface area (Å²) in [4.78, 5) is 11.6. The van der Waals surface area contributed by atoms with Crippen LogP contribution in [0, 0.1) is 13.8 Å². The summed E-state index contributed by atoms with van der Waals surface area (Å²) in [7, 11) is 1.36. The van der Waals surface area contributed by atoms with Gasteiger partial charge in [-0.05, 0) is 67.9 Å². The van der Waals surface area contributed by atoms with Gasteiger partial charge in [-0.1, -0.05) is 24.3 Å². The SMILES string of the molecule is COC(=O)c1cccc(NC(=S)NC(C)c2ccc(C)c(C)c2)c1. The maximum Gasteiger partial charge on any atom is 0.337 e. The van der Waals surface area contributed by atoms with Gasteiger partial charge in [0.05, 0.1) is 18.7 Å². The van der Waals surface area contributed by atoms with Gasteiger partial charge in [0.2, 0.25) is 0 Å². The summed E-state index contributed by atoms with van der Waals surface area (Å²) >= 11 is 5.37. The van der Waals surface area contributed by atoms with E-state index in [2.05, 4.69) is 49.6 Å². The van der Waals surface area contributed by atoms with E-state index in [-0.39, 0.29) is 12.0 Å². The molecule has 0 aliphatic heterocycles. The van der Waals surface area contributed by atoms with Gasteiger partial charge in [0.15, 0.2) is 5.11 Å². The zero-order valence-electron chi connectivity index (χ0n) is 14.3. The number of esters is 1. The second-order valence-electron chi connectivity index (χ2n) is 5.74. The molecule has 2 rings (SSSR count). The van der Waals surface area contributed by atoms with Crippen LogP contribution in [0.25, 0.3) is 0 Å². The van der Waals surface area contributed by atoms with Crippen molar-refractivity contribution in [3.63, 3.8) is 0 Å². The summed E-state index contributed by atoms with van der Waals surface area (Å²) in [6.45, 7) is 6.25. The van der Waals surface area contributed by atoms with Crippen LogP contribution in [0.1, 0.15) is 40.0 Å². The average Bonchev–Trinajstić information content (AvgIpc) is 2.56. The van der Waals surface area contributed by atoms with E-state index in [0.29, 0.717) is 10.7 Å². The van der Waals surface area contributed by atoms with Crippen LogP contribution >= 0.6 is 12.2 Å². The molecule has 0 saturated heterocycles. The molecule has 0 aromatic heterocycles. The number of hydrogen-bond acceptors (Lipinski definition) is 3. The Balaban J connectivity index is 2.02. The van der Waals surface area contributed by atoms with Crippen molar-refractivity contribution in [3.8, 4) is 0 Å². The Kier molecular flexibility index (Phi) is 5.93. The largest absolute Gasteiger partial charge is 0.465 e. The molecular formula is C19H22N2O2S. The molecule has 0 fully saturated rings. The molecule has 0 amide bonds. The molecule has 0 spiro atoms. The molecule has 5 heteroatoms. The molecule has 2 N–H and O–H groups in total. The standard InChI is InChI=1S/C19H22N2O2S/c1-12-8-9-15(10-13(12)2)14(3)20-19(24)21-17-7-5-6-16(11-17)18(22)23-4/h5-11,14H,1-4H3,(H2,20,21,24). The third kappa shape index (κ3) is 4.55. The van der Waals surface area contributed by atoms with Crippen LogP contribution in [0.5, 0.6) is 0 Å². The van der Waals surface area contributed by atoms with E-state index in [1.54, 1.807) is 18.2 Å². The zero-order valence-corrected chi connectivity index (χ0v) is 15.2. The topological polar surface area (TPSA) is 50.4 Å². The number of rotatable bonds is 4. The lowest BCUT2D eigenvalue weighted by molar-refractivity contribution is 0.0601. The highest BCUT2D eigenvalue weighted by Gasteiger charge is 2.10. The Hall–Kier alpha value is -2.40. The third-order valence-electron chi connectivity index (χ3n) is 3.92. The lowest BCUT2D eigenvalue weighted by Gasteiger charge is -2.18. The number of methoxy groups -OCH3 is 1. The molecule has 1 unspecified atom stereocenters. The van der Waals surface area contributed by atoms with Crippen LogP contribution in [-0.2, 0) is 4.74 Å². The minimum absolute atomic E-state index is 0.0769. The first-order chi connectivity index (χ1) is 11.4. The molecule has 4 nitrogen and oxygen atoms in total. The Labute approximate surface area is 148 Å². The van der Waals surface area contributed by atoms with Gasteiger partial charge in [0, 0.05) is 5.69 Å². The highest BCUT2D eigenvalue weighted by atomic mass is 32.1. The van der Waals surface area contributed by atoms with Crippen molar-refractivity contribution in [2.75, 3.05) is 12.4 Å². The Morgan fingerprint density at radius 2 is 1.88 bits per heavy atom. The normalized spacial score (nSPS) is 11.5. The van der Waals surface area contributed by atoms with Crippen LogP contribution < -0.4 is 10.6 Å². The van der Waals surface area contributed by atoms with Gasteiger partial charge >= 0.3 is 5.97 Å². The van der Waals surface area contributed by atoms with E-state index in [0.717, 1.165) is 5.69 Å².